The van der Waals surface area contributed by atoms with Crippen LogP contribution in [0.3, 0.4) is 0 Å². The van der Waals surface area contributed by atoms with Crippen LogP contribution < -0.4 is 5.73 Å². The Morgan fingerprint density at radius 1 is 1.44 bits per heavy atom. The molecule has 2 aromatic heterocycles. The number of ether oxygens (including phenoxy) is 1. The minimum absolute atomic E-state index is 0.387. The second-order valence-corrected chi connectivity index (χ2v) is 4.54. The number of methoxy groups -OCH3 is 1. The van der Waals surface area contributed by atoms with E-state index in [9.17, 15) is 0 Å². The molecule has 0 aliphatic heterocycles. The maximum Gasteiger partial charge on any atom is 0.276 e. The molecule has 0 bridgehead atoms. The SMILES string of the molecule is COC1(c2noc(-c3cc(N)n[nH]3)n2)CCCC1. The summed E-state index contributed by atoms with van der Waals surface area (Å²) < 4.78 is 10.8. The van der Waals surface area contributed by atoms with Gasteiger partial charge >= 0.3 is 0 Å². The molecule has 96 valence electrons. The van der Waals surface area contributed by atoms with E-state index < -0.39 is 5.60 Å². The van der Waals surface area contributed by atoms with Gasteiger partial charge in [0.1, 0.15) is 17.1 Å². The van der Waals surface area contributed by atoms with Crippen LogP contribution in [0.2, 0.25) is 0 Å². The molecule has 0 unspecified atom stereocenters. The summed E-state index contributed by atoms with van der Waals surface area (Å²) in [7, 11) is 1.69. The maximum atomic E-state index is 5.60. The van der Waals surface area contributed by atoms with Gasteiger partial charge in [-0.05, 0) is 25.7 Å². The Bertz CT molecular complexity index is 541. The van der Waals surface area contributed by atoms with Crippen molar-refractivity contribution in [3.8, 4) is 11.6 Å². The maximum absolute atomic E-state index is 5.60. The third-order valence-corrected chi connectivity index (χ3v) is 3.46. The molecule has 3 N–H and O–H groups in total. The second kappa shape index (κ2) is 4.09. The second-order valence-electron chi connectivity index (χ2n) is 4.54. The van der Waals surface area contributed by atoms with Gasteiger partial charge in [-0.1, -0.05) is 5.16 Å². The van der Waals surface area contributed by atoms with E-state index in [-0.39, 0.29) is 0 Å². The number of nitrogens with zero attached hydrogens (tertiary/aromatic N) is 3. The van der Waals surface area contributed by atoms with Crippen molar-refractivity contribution in [1.82, 2.24) is 20.3 Å². The van der Waals surface area contributed by atoms with Crippen molar-refractivity contribution in [1.29, 1.82) is 0 Å². The molecule has 1 fully saturated rings. The zero-order chi connectivity index (χ0) is 12.6. The van der Waals surface area contributed by atoms with Crippen molar-refractivity contribution in [2.45, 2.75) is 31.3 Å². The molecule has 3 rings (SSSR count). The molecular weight excluding hydrogens is 234 g/mol. The van der Waals surface area contributed by atoms with Crippen molar-refractivity contribution in [2.75, 3.05) is 12.8 Å². The fourth-order valence-corrected chi connectivity index (χ4v) is 2.43. The van der Waals surface area contributed by atoms with Crippen LogP contribution in [0.4, 0.5) is 5.82 Å². The third kappa shape index (κ3) is 1.67. The molecule has 2 aromatic rings. The Hall–Kier alpha value is -1.89. The van der Waals surface area contributed by atoms with Gasteiger partial charge in [-0.25, -0.2) is 0 Å². The summed E-state index contributed by atoms with van der Waals surface area (Å²) in [5.74, 6) is 1.38. The van der Waals surface area contributed by atoms with E-state index in [1.54, 1.807) is 13.2 Å². The van der Waals surface area contributed by atoms with E-state index in [2.05, 4.69) is 20.3 Å². The lowest BCUT2D eigenvalue weighted by Gasteiger charge is -2.22. The van der Waals surface area contributed by atoms with E-state index in [1.165, 1.54) is 0 Å². The number of nitrogens with one attached hydrogen (secondary N) is 1. The lowest BCUT2D eigenvalue weighted by Crippen LogP contribution is -2.25. The highest BCUT2D eigenvalue weighted by Gasteiger charge is 2.40. The predicted octanol–water partition coefficient (Wildman–Crippen LogP) is 1.46. The highest BCUT2D eigenvalue weighted by Crippen LogP contribution is 2.40. The number of hydrogen-bond acceptors (Lipinski definition) is 6. The topological polar surface area (TPSA) is 103 Å². The average molecular weight is 249 g/mol. The van der Waals surface area contributed by atoms with E-state index in [4.69, 9.17) is 15.0 Å². The minimum Gasteiger partial charge on any atom is -0.382 e. The van der Waals surface area contributed by atoms with Crippen molar-refractivity contribution in [3.05, 3.63) is 11.9 Å². The van der Waals surface area contributed by atoms with Crippen LogP contribution >= 0.6 is 0 Å². The van der Waals surface area contributed by atoms with Crippen LogP contribution in [-0.4, -0.2) is 27.4 Å². The van der Waals surface area contributed by atoms with E-state index in [0.717, 1.165) is 25.7 Å². The zero-order valence-electron chi connectivity index (χ0n) is 10.1. The van der Waals surface area contributed by atoms with Crippen LogP contribution in [0.15, 0.2) is 10.6 Å². The third-order valence-electron chi connectivity index (χ3n) is 3.46. The van der Waals surface area contributed by atoms with Crippen LogP contribution in [0.25, 0.3) is 11.6 Å². The van der Waals surface area contributed by atoms with Gasteiger partial charge in [0.15, 0.2) is 0 Å². The van der Waals surface area contributed by atoms with Crippen LogP contribution in [0, 0.1) is 0 Å². The molecule has 0 spiro atoms. The molecule has 1 saturated carbocycles. The smallest absolute Gasteiger partial charge is 0.276 e. The molecule has 0 saturated heterocycles. The first-order valence-corrected chi connectivity index (χ1v) is 5.94. The number of H-pyrrole nitrogens is 1. The molecule has 2 heterocycles. The van der Waals surface area contributed by atoms with Crippen LogP contribution in [0.5, 0.6) is 0 Å². The fourth-order valence-electron chi connectivity index (χ4n) is 2.43. The molecule has 0 amide bonds. The monoisotopic (exact) mass is 249 g/mol. The summed E-state index contributed by atoms with van der Waals surface area (Å²) in [6, 6.07) is 1.66. The van der Waals surface area contributed by atoms with Gasteiger partial charge in [0, 0.05) is 13.2 Å². The van der Waals surface area contributed by atoms with E-state index in [1.807, 2.05) is 0 Å². The number of aromatic amines is 1. The van der Waals surface area contributed by atoms with Gasteiger partial charge in [-0.2, -0.15) is 10.1 Å². The summed E-state index contributed by atoms with van der Waals surface area (Å²) in [5, 5.41) is 10.6. The summed E-state index contributed by atoms with van der Waals surface area (Å²) in [5.41, 5.74) is 5.77. The predicted molar refractivity (Wildman–Crippen MR) is 63.4 cm³/mol. The van der Waals surface area contributed by atoms with E-state index in [0.29, 0.717) is 23.2 Å². The van der Waals surface area contributed by atoms with Crippen LogP contribution in [-0.2, 0) is 10.3 Å². The first kappa shape index (κ1) is 11.2. The Kier molecular flexibility index (Phi) is 2.55. The normalized spacial score (nSPS) is 18.3. The molecule has 7 nitrogen and oxygen atoms in total. The van der Waals surface area contributed by atoms with Gasteiger partial charge in [0.25, 0.3) is 5.89 Å². The quantitative estimate of drug-likeness (QED) is 0.853. The van der Waals surface area contributed by atoms with Crippen LogP contribution in [0.1, 0.15) is 31.5 Å². The summed E-state index contributed by atoms with van der Waals surface area (Å²) in [6.07, 6.45) is 4.09. The largest absolute Gasteiger partial charge is 0.382 e. The summed E-state index contributed by atoms with van der Waals surface area (Å²) in [6.45, 7) is 0. The van der Waals surface area contributed by atoms with Crippen molar-refractivity contribution < 1.29 is 9.26 Å². The van der Waals surface area contributed by atoms with Gasteiger partial charge in [0.05, 0.1) is 0 Å². The summed E-state index contributed by atoms with van der Waals surface area (Å²) >= 11 is 0. The minimum atomic E-state index is -0.396. The van der Waals surface area contributed by atoms with Gasteiger partial charge in [0.2, 0.25) is 5.82 Å². The number of rotatable bonds is 3. The van der Waals surface area contributed by atoms with Crippen molar-refractivity contribution >= 4 is 5.82 Å². The Labute approximate surface area is 104 Å². The first-order chi connectivity index (χ1) is 8.73. The molecule has 1 aliphatic carbocycles. The van der Waals surface area contributed by atoms with Gasteiger partial charge < -0.3 is 15.0 Å². The Morgan fingerprint density at radius 3 is 2.83 bits per heavy atom. The lowest BCUT2D eigenvalue weighted by molar-refractivity contribution is -0.0178. The number of nitrogens with two attached hydrogens (primary N) is 1. The molecule has 0 radical (unpaired) electrons. The summed E-state index contributed by atoms with van der Waals surface area (Å²) in [4.78, 5) is 4.39. The van der Waals surface area contributed by atoms with Crippen molar-refractivity contribution in [3.63, 3.8) is 0 Å². The first-order valence-electron chi connectivity index (χ1n) is 5.94. The van der Waals surface area contributed by atoms with Gasteiger partial charge in [-0.3, -0.25) is 5.10 Å². The molecule has 18 heavy (non-hydrogen) atoms. The average Bonchev–Trinajstić information content (AvgIpc) is 3.08. The highest BCUT2D eigenvalue weighted by atomic mass is 16.5. The van der Waals surface area contributed by atoms with E-state index >= 15 is 0 Å². The molecule has 0 aromatic carbocycles. The number of aromatic nitrogens is 4. The number of hydrogen-bond donors (Lipinski definition) is 2. The Balaban J connectivity index is 1.93. The molecule has 7 heteroatoms. The number of nitrogen functional groups attached to an aromatic ring is 1. The van der Waals surface area contributed by atoms with Crippen molar-refractivity contribution in [2.24, 2.45) is 0 Å². The molecular formula is C11H15N5O2. The standard InChI is InChI=1S/C11H15N5O2/c1-17-11(4-2-3-5-11)10-13-9(18-16-10)7-6-8(12)15-14-7/h6H,2-5H2,1H3,(H3,12,14,15). The molecule has 0 atom stereocenters. The fraction of sp³-hybridized carbons (Fsp3) is 0.545. The Morgan fingerprint density at radius 2 is 2.22 bits per heavy atom. The lowest BCUT2D eigenvalue weighted by atomic mass is 10.0. The van der Waals surface area contributed by atoms with Gasteiger partial charge in [-0.15, -0.1) is 0 Å². The number of anilines is 1. The molecule has 1 aliphatic rings. The highest BCUT2D eigenvalue weighted by molar-refractivity contribution is 5.51. The zero-order valence-corrected chi connectivity index (χ0v) is 10.1.